The van der Waals surface area contributed by atoms with Crippen LogP contribution >= 0.6 is 11.8 Å². The lowest BCUT2D eigenvalue weighted by atomic mass is 10.2. The molecule has 168 valence electrons. The molecular weight excluding hydrogens is 452 g/mol. The fourth-order valence-corrected chi connectivity index (χ4v) is 4.58. The first-order valence-electron chi connectivity index (χ1n) is 9.45. The molecule has 9 nitrogen and oxygen atoms in total. The molecule has 0 radical (unpaired) electrons. The van der Waals surface area contributed by atoms with E-state index in [1.54, 1.807) is 37.5 Å². The number of aliphatic imine (C=N–C) groups is 1. The van der Waals surface area contributed by atoms with Crippen LogP contribution in [0.25, 0.3) is 0 Å². The Bertz CT molecular complexity index is 1150. The zero-order valence-corrected chi connectivity index (χ0v) is 18.9. The van der Waals surface area contributed by atoms with E-state index in [4.69, 9.17) is 9.88 Å². The van der Waals surface area contributed by atoms with Gasteiger partial charge in [0.25, 0.3) is 0 Å². The third-order valence-electron chi connectivity index (χ3n) is 4.47. The van der Waals surface area contributed by atoms with Gasteiger partial charge in [-0.3, -0.25) is 14.5 Å². The summed E-state index contributed by atoms with van der Waals surface area (Å²) in [4.78, 5) is 31.2. The van der Waals surface area contributed by atoms with Crippen LogP contribution < -0.4 is 15.2 Å². The van der Waals surface area contributed by atoms with Crippen molar-refractivity contribution in [3.05, 3.63) is 61.2 Å². The summed E-state index contributed by atoms with van der Waals surface area (Å²) in [6, 6.07) is 12.5. The van der Waals surface area contributed by atoms with E-state index in [2.05, 4.69) is 16.9 Å². The van der Waals surface area contributed by atoms with Gasteiger partial charge < -0.3 is 10.1 Å². The number of nitrogens with zero attached hydrogens (tertiary/aromatic N) is 2. The largest absolute Gasteiger partial charge is 0.497 e. The average Bonchev–Trinajstić information content (AvgIpc) is 3.03. The van der Waals surface area contributed by atoms with Crippen molar-refractivity contribution < 1.29 is 22.7 Å². The van der Waals surface area contributed by atoms with Crippen LogP contribution in [-0.4, -0.2) is 49.2 Å². The zero-order valence-electron chi connectivity index (χ0n) is 17.2. The van der Waals surface area contributed by atoms with Crippen molar-refractivity contribution >= 4 is 50.1 Å². The molecule has 2 aromatic carbocycles. The SMILES string of the molecule is C=CCN1C(=O)[C@@H](CC(=O)Nc2ccc(OC)cc2)SC1=Nc1ccc(S(N)(=O)=O)cc1. The van der Waals surface area contributed by atoms with Crippen molar-refractivity contribution in [3.8, 4) is 5.75 Å². The summed E-state index contributed by atoms with van der Waals surface area (Å²) in [7, 11) is -2.26. The second-order valence-electron chi connectivity index (χ2n) is 6.76. The Morgan fingerprint density at radius 2 is 1.91 bits per heavy atom. The number of nitrogens with two attached hydrogens (primary N) is 1. The smallest absolute Gasteiger partial charge is 0.242 e. The van der Waals surface area contributed by atoms with Crippen LogP contribution in [0.1, 0.15) is 6.42 Å². The lowest BCUT2D eigenvalue weighted by molar-refractivity contribution is -0.127. The van der Waals surface area contributed by atoms with Crippen LogP contribution in [0.3, 0.4) is 0 Å². The van der Waals surface area contributed by atoms with E-state index in [1.165, 1.54) is 40.9 Å². The number of primary sulfonamides is 1. The highest BCUT2D eigenvalue weighted by Crippen LogP contribution is 2.32. The Kier molecular flexibility index (Phi) is 7.33. The van der Waals surface area contributed by atoms with Crippen LogP contribution in [0.15, 0.2) is 71.1 Å². The van der Waals surface area contributed by atoms with Gasteiger partial charge in [0, 0.05) is 18.7 Å². The Labute approximate surface area is 190 Å². The van der Waals surface area contributed by atoms with Gasteiger partial charge in [0.1, 0.15) is 11.0 Å². The van der Waals surface area contributed by atoms with E-state index in [-0.39, 0.29) is 29.7 Å². The fourth-order valence-electron chi connectivity index (χ4n) is 2.90. The number of amidine groups is 1. The van der Waals surface area contributed by atoms with Crippen molar-refractivity contribution in [2.75, 3.05) is 19.0 Å². The van der Waals surface area contributed by atoms with E-state index < -0.39 is 15.3 Å². The van der Waals surface area contributed by atoms with Crippen molar-refractivity contribution in [1.29, 1.82) is 0 Å². The number of methoxy groups -OCH3 is 1. The van der Waals surface area contributed by atoms with E-state index in [9.17, 15) is 18.0 Å². The number of ether oxygens (including phenoxy) is 1. The average molecular weight is 475 g/mol. The molecule has 1 heterocycles. The molecule has 0 aromatic heterocycles. The minimum absolute atomic E-state index is 0.0346. The fraction of sp³-hybridized carbons (Fsp3) is 0.190. The zero-order chi connectivity index (χ0) is 23.3. The number of hydrogen-bond donors (Lipinski definition) is 2. The Hall–Kier alpha value is -3.15. The number of nitrogens with one attached hydrogen (secondary N) is 1. The molecule has 0 bridgehead atoms. The maximum Gasteiger partial charge on any atom is 0.242 e. The second-order valence-corrected chi connectivity index (χ2v) is 9.49. The molecule has 0 unspecified atom stereocenters. The molecule has 1 saturated heterocycles. The number of amides is 2. The number of rotatable bonds is 8. The molecule has 0 saturated carbocycles. The van der Waals surface area contributed by atoms with Crippen LogP contribution in [0, 0.1) is 0 Å². The monoisotopic (exact) mass is 474 g/mol. The lowest BCUT2D eigenvalue weighted by Gasteiger charge is -2.14. The van der Waals surface area contributed by atoms with Gasteiger partial charge in [-0.1, -0.05) is 17.8 Å². The summed E-state index contributed by atoms with van der Waals surface area (Å²) >= 11 is 1.17. The second kappa shape index (κ2) is 9.98. The van der Waals surface area contributed by atoms with Gasteiger partial charge in [0.15, 0.2) is 5.17 Å². The molecule has 0 aliphatic carbocycles. The van der Waals surface area contributed by atoms with E-state index in [0.717, 1.165) is 0 Å². The number of carbonyl (C=O) groups is 2. The van der Waals surface area contributed by atoms with Gasteiger partial charge in [0.05, 0.1) is 17.7 Å². The van der Waals surface area contributed by atoms with Crippen molar-refractivity contribution in [2.24, 2.45) is 10.1 Å². The summed E-state index contributed by atoms with van der Waals surface area (Å²) in [5.41, 5.74) is 1.04. The molecule has 11 heteroatoms. The van der Waals surface area contributed by atoms with Crippen molar-refractivity contribution in [2.45, 2.75) is 16.6 Å². The normalized spacial score (nSPS) is 17.4. The molecule has 3 rings (SSSR count). The minimum Gasteiger partial charge on any atom is -0.497 e. The number of sulfonamides is 1. The third kappa shape index (κ3) is 5.75. The standard InChI is InChI=1S/C21H22N4O5S2/c1-3-12-25-20(27)18(13-19(26)23-14-4-8-16(30-2)9-5-14)31-21(25)24-15-6-10-17(11-7-15)32(22,28)29/h3-11,18H,1,12-13H2,2H3,(H,23,26)(H2,22,28,29)/t18-/m1/s1. The predicted molar refractivity (Wildman–Crippen MR) is 124 cm³/mol. The van der Waals surface area contributed by atoms with Gasteiger partial charge in [-0.15, -0.1) is 6.58 Å². The summed E-state index contributed by atoms with van der Waals surface area (Å²) in [6.07, 6.45) is 1.53. The van der Waals surface area contributed by atoms with Gasteiger partial charge in [-0.05, 0) is 48.5 Å². The number of carbonyl (C=O) groups excluding carboxylic acids is 2. The predicted octanol–water partition coefficient (Wildman–Crippen LogP) is 2.49. The topological polar surface area (TPSA) is 131 Å². The quantitative estimate of drug-likeness (QED) is 0.565. The first kappa shape index (κ1) is 23.5. The maximum absolute atomic E-state index is 12.8. The Balaban J connectivity index is 1.73. The highest BCUT2D eigenvalue weighted by molar-refractivity contribution is 8.15. The highest BCUT2D eigenvalue weighted by Gasteiger charge is 2.38. The van der Waals surface area contributed by atoms with Gasteiger partial charge in [-0.2, -0.15) is 0 Å². The van der Waals surface area contributed by atoms with Gasteiger partial charge in [-0.25, -0.2) is 18.5 Å². The number of benzene rings is 2. The Morgan fingerprint density at radius 1 is 1.25 bits per heavy atom. The molecule has 1 atom stereocenters. The van der Waals surface area contributed by atoms with Crippen LogP contribution in [0.4, 0.5) is 11.4 Å². The van der Waals surface area contributed by atoms with Crippen molar-refractivity contribution in [3.63, 3.8) is 0 Å². The molecule has 1 aliphatic heterocycles. The summed E-state index contributed by atoms with van der Waals surface area (Å²) in [5, 5.41) is 7.63. The van der Waals surface area contributed by atoms with Gasteiger partial charge >= 0.3 is 0 Å². The first-order valence-corrected chi connectivity index (χ1v) is 11.9. The van der Waals surface area contributed by atoms with Gasteiger partial charge in [0.2, 0.25) is 21.8 Å². The van der Waals surface area contributed by atoms with E-state index in [0.29, 0.717) is 22.3 Å². The molecule has 1 aliphatic rings. The molecule has 2 aromatic rings. The highest BCUT2D eigenvalue weighted by atomic mass is 32.2. The third-order valence-corrected chi connectivity index (χ3v) is 6.57. The number of anilines is 1. The lowest BCUT2D eigenvalue weighted by Crippen LogP contribution is -2.33. The van der Waals surface area contributed by atoms with Crippen molar-refractivity contribution in [1.82, 2.24) is 4.90 Å². The number of hydrogen-bond acceptors (Lipinski definition) is 7. The first-order chi connectivity index (χ1) is 15.2. The summed E-state index contributed by atoms with van der Waals surface area (Å²) in [5.74, 6) is 0.112. The molecule has 3 N–H and O–H groups in total. The van der Waals surface area contributed by atoms with Crippen LogP contribution in [0.2, 0.25) is 0 Å². The summed E-state index contributed by atoms with van der Waals surface area (Å²) < 4.78 is 27.9. The molecular formula is C21H22N4O5S2. The maximum atomic E-state index is 12.8. The van der Waals surface area contributed by atoms with Crippen LogP contribution in [0.5, 0.6) is 5.75 Å². The minimum atomic E-state index is -3.81. The summed E-state index contributed by atoms with van der Waals surface area (Å²) in [6.45, 7) is 3.90. The number of thioether (sulfide) groups is 1. The molecule has 2 amide bonds. The molecule has 32 heavy (non-hydrogen) atoms. The Morgan fingerprint density at radius 3 is 2.47 bits per heavy atom. The molecule has 1 fully saturated rings. The molecule has 0 spiro atoms. The van der Waals surface area contributed by atoms with E-state index >= 15 is 0 Å². The van der Waals surface area contributed by atoms with Crippen LogP contribution in [-0.2, 0) is 19.6 Å². The van der Waals surface area contributed by atoms with E-state index in [1.807, 2.05) is 0 Å².